The van der Waals surface area contributed by atoms with Crippen LogP contribution in [-0.2, 0) is 23.1 Å². The first kappa shape index (κ1) is 23.7. The summed E-state index contributed by atoms with van der Waals surface area (Å²) in [7, 11) is -4.54. The first-order chi connectivity index (χ1) is 14.7. The zero-order valence-electron chi connectivity index (χ0n) is 17.5. The molecule has 0 saturated carbocycles. The van der Waals surface area contributed by atoms with E-state index < -0.39 is 25.6 Å². The highest BCUT2D eigenvalue weighted by molar-refractivity contribution is 7.47. The summed E-state index contributed by atoms with van der Waals surface area (Å²) in [5.41, 5.74) is -0.156. The third-order valence-corrected chi connectivity index (χ3v) is 6.20. The number of aliphatic hydroxyl groups excluding tert-OH is 1. The average Bonchev–Trinajstić information content (AvgIpc) is 3.13. The Labute approximate surface area is 181 Å². The van der Waals surface area contributed by atoms with E-state index in [0.29, 0.717) is 36.4 Å². The van der Waals surface area contributed by atoms with Crippen molar-refractivity contribution >= 4 is 19.4 Å². The lowest BCUT2D eigenvalue weighted by Gasteiger charge is -2.47. The van der Waals surface area contributed by atoms with Crippen LogP contribution in [0.5, 0.6) is 5.75 Å². The monoisotopic (exact) mass is 454 g/mol. The van der Waals surface area contributed by atoms with Crippen LogP contribution < -0.4 is 4.74 Å². The maximum absolute atomic E-state index is 12.7. The standard InChI is InChI=1S/C20H27N2O8P/c1-20(2)19(30-31(25,26)28-12-11-27-10-9-23)18(22-8-4-5-17(22)24)15-13-14(21-3)6-7-16(15)29-20/h6-7,13,18-19,23H,4-5,8-12H2,1-2H3,(H,25,26)/t18-,19+/m1/s1. The Morgan fingerprint density at radius 3 is 2.77 bits per heavy atom. The van der Waals surface area contributed by atoms with Crippen molar-refractivity contribution in [2.24, 2.45) is 0 Å². The van der Waals surface area contributed by atoms with Gasteiger partial charge in [0.1, 0.15) is 17.5 Å². The van der Waals surface area contributed by atoms with Gasteiger partial charge in [-0.1, -0.05) is 6.07 Å². The first-order valence-corrected chi connectivity index (χ1v) is 11.5. The SMILES string of the molecule is [C-]#[N+]c1ccc2c(c1)[C@@H](N1CCCC1=O)[C@H](OP(=O)(O)OCCOCCO)C(C)(C)O2. The second-order valence-electron chi connectivity index (χ2n) is 7.84. The molecule has 1 aromatic carbocycles. The molecule has 11 heteroatoms. The number of hydrogen-bond acceptors (Lipinski definition) is 7. The molecule has 31 heavy (non-hydrogen) atoms. The normalized spacial score (nSPS) is 24.2. The molecule has 2 heterocycles. The van der Waals surface area contributed by atoms with Crippen LogP contribution in [0.15, 0.2) is 18.2 Å². The molecular weight excluding hydrogens is 427 g/mol. The number of nitrogens with zero attached hydrogens (tertiary/aromatic N) is 2. The fourth-order valence-electron chi connectivity index (χ4n) is 3.85. The molecule has 0 bridgehead atoms. The van der Waals surface area contributed by atoms with Crippen molar-refractivity contribution in [3.63, 3.8) is 0 Å². The third kappa shape index (κ3) is 5.44. The van der Waals surface area contributed by atoms with Crippen LogP contribution in [0.3, 0.4) is 0 Å². The smallest absolute Gasteiger partial charge is 0.472 e. The van der Waals surface area contributed by atoms with E-state index in [1.807, 2.05) is 0 Å². The molecule has 2 aliphatic rings. The highest BCUT2D eigenvalue weighted by atomic mass is 31.2. The maximum Gasteiger partial charge on any atom is 0.472 e. The zero-order valence-corrected chi connectivity index (χ0v) is 18.4. The number of ether oxygens (including phenoxy) is 2. The minimum Gasteiger partial charge on any atom is -0.485 e. The van der Waals surface area contributed by atoms with E-state index in [-0.39, 0.29) is 32.3 Å². The van der Waals surface area contributed by atoms with E-state index in [9.17, 15) is 14.3 Å². The molecule has 2 aliphatic heterocycles. The maximum atomic E-state index is 12.7. The van der Waals surface area contributed by atoms with Gasteiger partial charge in [0.15, 0.2) is 5.69 Å². The molecule has 3 rings (SSSR count). The number of phosphoric acid groups is 1. The van der Waals surface area contributed by atoms with Crippen molar-refractivity contribution < 1.29 is 37.9 Å². The molecular formula is C20H27N2O8P. The highest BCUT2D eigenvalue weighted by Gasteiger charge is 2.51. The quantitative estimate of drug-likeness (QED) is 0.332. The number of likely N-dealkylation sites (tertiary alicyclic amines) is 1. The highest BCUT2D eigenvalue weighted by Crippen LogP contribution is 2.54. The molecule has 2 N–H and O–H groups in total. The van der Waals surface area contributed by atoms with E-state index in [4.69, 9.17) is 30.2 Å². The Morgan fingerprint density at radius 1 is 1.35 bits per heavy atom. The van der Waals surface area contributed by atoms with Crippen LogP contribution in [0.1, 0.15) is 38.3 Å². The van der Waals surface area contributed by atoms with Gasteiger partial charge >= 0.3 is 7.82 Å². The summed E-state index contributed by atoms with van der Waals surface area (Å²) in [6.45, 7) is 10.9. The summed E-state index contributed by atoms with van der Waals surface area (Å²) >= 11 is 0. The van der Waals surface area contributed by atoms with E-state index in [0.717, 1.165) is 0 Å². The summed E-state index contributed by atoms with van der Waals surface area (Å²) in [6, 6.07) is 4.20. The van der Waals surface area contributed by atoms with Gasteiger partial charge in [0.05, 0.1) is 39.0 Å². The van der Waals surface area contributed by atoms with Gasteiger partial charge < -0.3 is 24.4 Å². The molecule has 1 fully saturated rings. The molecule has 3 atom stereocenters. The molecule has 0 aliphatic carbocycles. The number of fused-ring (bicyclic) bond motifs is 1. The number of rotatable bonds is 9. The van der Waals surface area contributed by atoms with E-state index >= 15 is 0 Å². The summed E-state index contributed by atoms with van der Waals surface area (Å²) in [4.78, 5) is 28.0. The van der Waals surface area contributed by atoms with Crippen molar-refractivity contribution in [1.82, 2.24) is 4.90 Å². The van der Waals surface area contributed by atoms with Crippen molar-refractivity contribution in [3.8, 4) is 5.75 Å². The lowest BCUT2D eigenvalue weighted by Crippen LogP contribution is -2.54. The Morgan fingerprint density at radius 2 is 2.13 bits per heavy atom. The second-order valence-corrected chi connectivity index (χ2v) is 9.24. The summed E-state index contributed by atoms with van der Waals surface area (Å²) in [6.07, 6.45) is 0.00586. The van der Waals surface area contributed by atoms with E-state index in [1.165, 1.54) is 0 Å². The van der Waals surface area contributed by atoms with Crippen LogP contribution in [0.2, 0.25) is 0 Å². The molecule has 1 amide bonds. The summed E-state index contributed by atoms with van der Waals surface area (Å²) in [5.74, 6) is 0.398. The van der Waals surface area contributed by atoms with Gasteiger partial charge in [-0.3, -0.25) is 13.8 Å². The summed E-state index contributed by atoms with van der Waals surface area (Å²) in [5, 5.41) is 8.71. The lowest BCUT2D eigenvalue weighted by molar-refractivity contribution is -0.139. The Bertz CT molecular complexity index is 900. The van der Waals surface area contributed by atoms with Gasteiger partial charge in [0.25, 0.3) is 0 Å². The van der Waals surface area contributed by atoms with Crippen molar-refractivity contribution in [2.45, 2.75) is 44.4 Å². The van der Waals surface area contributed by atoms with Gasteiger partial charge in [-0.25, -0.2) is 9.41 Å². The lowest BCUT2D eigenvalue weighted by atomic mass is 9.85. The number of amides is 1. The van der Waals surface area contributed by atoms with Crippen LogP contribution in [0, 0.1) is 6.57 Å². The van der Waals surface area contributed by atoms with Crippen LogP contribution in [0.4, 0.5) is 5.69 Å². The molecule has 0 aromatic heterocycles. The molecule has 1 unspecified atom stereocenters. The van der Waals surface area contributed by atoms with Gasteiger partial charge in [-0.15, -0.1) is 0 Å². The summed E-state index contributed by atoms with van der Waals surface area (Å²) < 4.78 is 34.4. The number of aliphatic hydroxyl groups is 1. The molecule has 170 valence electrons. The topological polar surface area (TPSA) is 119 Å². The van der Waals surface area contributed by atoms with E-state index in [1.54, 1.807) is 36.9 Å². The molecule has 1 saturated heterocycles. The average molecular weight is 454 g/mol. The largest absolute Gasteiger partial charge is 0.485 e. The number of phosphoric ester groups is 1. The Balaban J connectivity index is 1.91. The Kier molecular flexibility index (Phi) is 7.37. The van der Waals surface area contributed by atoms with Crippen LogP contribution in [-0.4, -0.2) is 65.5 Å². The van der Waals surface area contributed by atoms with Crippen LogP contribution in [0.25, 0.3) is 4.85 Å². The number of carbonyl (C=O) groups is 1. The second kappa shape index (κ2) is 9.65. The molecule has 0 spiro atoms. The number of carbonyl (C=O) groups excluding carboxylic acids is 1. The minimum absolute atomic E-state index is 0.00423. The van der Waals surface area contributed by atoms with Gasteiger partial charge in [0, 0.05) is 18.5 Å². The Hall–Kier alpha value is -1.99. The fraction of sp³-hybridized carbons (Fsp3) is 0.600. The van der Waals surface area contributed by atoms with Crippen LogP contribution >= 0.6 is 7.82 Å². The predicted octanol–water partition coefficient (Wildman–Crippen LogP) is 2.58. The molecule has 0 radical (unpaired) electrons. The third-order valence-electron chi connectivity index (χ3n) is 5.20. The number of hydrogen-bond donors (Lipinski definition) is 2. The van der Waals surface area contributed by atoms with Crippen molar-refractivity contribution in [1.29, 1.82) is 0 Å². The zero-order chi connectivity index (χ0) is 22.6. The van der Waals surface area contributed by atoms with Gasteiger partial charge in [-0.2, -0.15) is 0 Å². The predicted molar refractivity (Wildman–Crippen MR) is 110 cm³/mol. The van der Waals surface area contributed by atoms with Crippen molar-refractivity contribution in [3.05, 3.63) is 35.2 Å². The molecule has 1 aromatic rings. The molecule has 10 nitrogen and oxygen atoms in total. The minimum atomic E-state index is -4.54. The van der Waals surface area contributed by atoms with Crippen molar-refractivity contribution in [2.75, 3.05) is 33.0 Å². The fourth-order valence-corrected chi connectivity index (χ4v) is 4.87. The van der Waals surface area contributed by atoms with Gasteiger partial charge in [0.2, 0.25) is 5.91 Å². The number of benzene rings is 1. The van der Waals surface area contributed by atoms with Gasteiger partial charge in [-0.05, 0) is 32.4 Å². The van der Waals surface area contributed by atoms with E-state index in [2.05, 4.69) is 4.85 Å². The first-order valence-electron chi connectivity index (χ1n) is 10.0.